The molecule has 0 saturated heterocycles. The van der Waals surface area contributed by atoms with Crippen molar-refractivity contribution >= 4 is 5.97 Å². The molecule has 0 fully saturated rings. The summed E-state index contributed by atoms with van der Waals surface area (Å²) in [6.07, 6.45) is 0.333. The van der Waals surface area contributed by atoms with Gasteiger partial charge >= 0.3 is 5.97 Å². The fourth-order valence-corrected chi connectivity index (χ4v) is 1.73. The number of carbonyl (C=O) groups excluding carboxylic acids is 1. The molecule has 0 bridgehead atoms. The number of esters is 1. The number of carbonyl (C=O) groups is 1. The molecule has 2 aromatic rings. The van der Waals surface area contributed by atoms with Crippen LogP contribution in [-0.4, -0.2) is 22.2 Å². The van der Waals surface area contributed by atoms with Crippen LogP contribution in [0.15, 0.2) is 48.5 Å². The van der Waals surface area contributed by atoms with Gasteiger partial charge in [-0.3, -0.25) is 0 Å². The normalized spacial score (nSPS) is 11.8. The molecule has 0 heterocycles. The lowest BCUT2D eigenvalue weighted by Crippen LogP contribution is -2.36. The SMILES string of the molecule is N[C@@H](Cc1ccccc1)C(=O)Oc1cccc(O)c1O. The molecule has 0 aliphatic rings. The summed E-state index contributed by atoms with van der Waals surface area (Å²) in [7, 11) is 0. The number of rotatable bonds is 4. The van der Waals surface area contributed by atoms with E-state index in [0.29, 0.717) is 6.42 Å². The van der Waals surface area contributed by atoms with E-state index in [9.17, 15) is 15.0 Å². The highest BCUT2D eigenvalue weighted by molar-refractivity contribution is 5.79. The standard InChI is InChI=1S/C15H15NO4/c16-11(9-10-5-2-1-3-6-10)15(19)20-13-8-4-7-12(17)14(13)18/h1-8,11,17-18H,9,16H2/t11-/m0/s1. The van der Waals surface area contributed by atoms with Gasteiger partial charge in [0.1, 0.15) is 6.04 Å². The monoisotopic (exact) mass is 273 g/mol. The summed E-state index contributed by atoms with van der Waals surface area (Å²) in [4.78, 5) is 11.8. The average molecular weight is 273 g/mol. The summed E-state index contributed by atoms with van der Waals surface area (Å²) in [6, 6.07) is 12.6. The van der Waals surface area contributed by atoms with Crippen LogP contribution in [0.1, 0.15) is 5.56 Å². The van der Waals surface area contributed by atoms with Crippen LogP contribution < -0.4 is 10.5 Å². The van der Waals surface area contributed by atoms with Crippen molar-refractivity contribution in [1.82, 2.24) is 0 Å². The molecular formula is C15H15NO4. The van der Waals surface area contributed by atoms with Gasteiger partial charge in [-0.05, 0) is 24.1 Å². The molecule has 0 saturated carbocycles. The summed E-state index contributed by atoms with van der Waals surface area (Å²) >= 11 is 0. The number of aromatic hydroxyl groups is 2. The molecule has 104 valence electrons. The van der Waals surface area contributed by atoms with Crippen LogP contribution in [0, 0.1) is 0 Å². The summed E-state index contributed by atoms with van der Waals surface area (Å²) in [5, 5.41) is 18.9. The first-order valence-corrected chi connectivity index (χ1v) is 6.10. The molecule has 0 aliphatic carbocycles. The number of para-hydroxylation sites is 1. The number of phenolic OH excluding ortho intramolecular Hbond substituents is 2. The van der Waals surface area contributed by atoms with E-state index < -0.39 is 17.8 Å². The Bertz CT molecular complexity index is 598. The predicted octanol–water partition coefficient (Wildman–Crippen LogP) is 1.57. The van der Waals surface area contributed by atoms with Gasteiger partial charge in [-0.2, -0.15) is 0 Å². The van der Waals surface area contributed by atoms with E-state index in [0.717, 1.165) is 5.56 Å². The van der Waals surface area contributed by atoms with Gasteiger partial charge in [0.15, 0.2) is 11.5 Å². The number of benzene rings is 2. The van der Waals surface area contributed by atoms with Gasteiger partial charge in [-0.25, -0.2) is 4.79 Å². The van der Waals surface area contributed by atoms with Crippen LogP contribution in [0.4, 0.5) is 0 Å². The van der Waals surface area contributed by atoms with Gasteiger partial charge in [-0.15, -0.1) is 0 Å². The summed E-state index contributed by atoms with van der Waals surface area (Å²) in [5.74, 6) is -1.62. The molecule has 5 heteroatoms. The number of hydrogen-bond donors (Lipinski definition) is 3. The van der Waals surface area contributed by atoms with E-state index in [4.69, 9.17) is 10.5 Å². The Morgan fingerprint density at radius 1 is 1.10 bits per heavy atom. The average Bonchev–Trinajstić information content (AvgIpc) is 2.45. The Kier molecular flexibility index (Phi) is 4.22. The molecular weight excluding hydrogens is 258 g/mol. The molecule has 4 N–H and O–H groups in total. The number of nitrogens with two attached hydrogens (primary N) is 1. The second-order valence-electron chi connectivity index (χ2n) is 4.34. The molecule has 0 aromatic heterocycles. The molecule has 5 nitrogen and oxygen atoms in total. The number of phenols is 2. The maximum absolute atomic E-state index is 11.8. The summed E-state index contributed by atoms with van der Waals surface area (Å²) in [6.45, 7) is 0. The van der Waals surface area contributed by atoms with Crippen molar-refractivity contribution in [3.05, 3.63) is 54.1 Å². The minimum atomic E-state index is -0.848. The molecule has 0 spiro atoms. The minimum absolute atomic E-state index is 0.112. The van der Waals surface area contributed by atoms with Gasteiger partial charge in [0.25, 0.3) is 0 Å². The maximum atomic E-state index is 11.8. The molecule has 20 heavy (non-hydrogen) atoms. The Labute approximate surface area is 116 Å². The topological polar surface area (TPSA) is 92.8 Å². The Morgan fingerprint density at radius 2 is 1.80 bits per heavy atom. The van der Waals surface area contributed by atoms with Crippen molar-refractivity contribution in [3.8, 4) is 17.2 Å². The first-order valence-electron chi connectivity index (χ1n) is 6.10. The van der Waals surface area contributed by atoms with Gasteiger partial charge in [0.2, 0.25) is 5.75 Å². The lowest BCUT2D eigenvalue weighted by Gasteiger charge is -2.12. The Morgan fingerprint density at radius 3 is 2.50 bits per heavy atom. The fraction of sp³-hybridized carbons (Fsp3) is 0.133. The van der Waals surface area contributed by atoms with Crippen molar-refractivity contribution in [2.24, 2.45) is 5.73 Å². The third-order valence-corrected chi connectivity index (χ3v) is 2.79. The van der Waals surface area contributed by atoms with Crippen LogP contribution in [0.2, 0.25) is 0 Å². The molecule has 2 rings (SSSR count). The molecule has 0 aliphatic heterocycles. The van der Waals surface area contributed by atoms with Crippen LogP contribution in [0.3, 0.4) is 0 Å². The molecule has 0 radical (unpaired) electrons. The fourth-order valence-electron chi connectivity index (χ4n) is 1.73. The van der Waals surface area contributed by atoms with Gasteiger partial charge in [0, 0.05) is 0 Å². The summed E-state index contributed by atoms with van der Waals surface area (Å²) < 4.78 is 4.99. The van der Waals surface area contributed by atoms with Gasteiger partial charge in [0.05, 0.1) is 0 Å². The van der Waals surface area contributed by atoms with Crippen molar-refractivity contribution in [2.75, 3.05) is 0 Å². The highest BCUT2D eigenvalue weighted by Crippen LogP contribution is 2.34. The zero-order valence-corrected chi connectivity index (χ0v) is 10.7. The molecule has 2 aromatic carbocycles. The van der Waals surface area contributed by atoms with Crippen molar-refractivity contribution in [3.63, 3.8) is 0 Å². The first-order chi connectivity index (χ1) is 9.58. The second kappa shape index (κ2) is 6.08. The van der Waals surface area contributed by atoms with Crippen molar-refractivity contribution < 1.29 is 19.7 Å². The Hall–Kier alpha value is -2.53. The molecule has 0 amide bonds. The number of hydrogen-bond acceptors (Lipinski definition) is 5. The van der Waals surface area contributed by atoms with Gasteiger partial charge in [-0.1, -0.05) is 36.4 Å². The third kappa shape index (κ3) is 3.27. The highest BCUT2D eigenvalue weighted by atomic mass is 16.5. The minimum Gasteiger partial charge on any atom is -0.504 e. The van der Waals surface area contributed by atoms with E-state index in [2.05, 4.69) is 0 Å². The molecule has 0 unspecified atom stereocenters. The largest absolute Gasteiger partial charge is 0.504 e. The van der Waals surface area contributed by atoms with Crippen molar-refractivity contribution in [1.29, 1.82) is 0 Å². The first kappa shape index (κ1) is 13.9. The zero-order valence-electron chi connectivity index (χ0n) is 10.7. The van der Waals surface area contributed by atoms with Gasteiger partial charge < -0.3 is 20.7 Å². The zero-order chi connectivity index (χ0) is 14.5. The van der Waals surface area contributed by atoms with Crippen LogP contribution in [-0.2, 0) is 11.2 Å². The van der Waals surface area contributed by atoms with Crippen molar-refractivity contribution in [2.45, 2.75) is 12.5 Å². The van der Waals surface area contributed by atoms with E-state index >= 15 is 0 Å². The molecule has 1 atom stereocenters. The van der Waals surface area contributed by atoms with E-state index in [-0.39, 0.29) is 11.5 Å². The van der Waals surface area contributed by atoms with E-state index in [1.54, 1.807) is 0 Å². The van der Waals surface area contributed by atoms with Crippen LogP contribution >= 0.6 is 0 Å². The lowest BCUT2D eigenvalue weighted by atomic mass is 10.1. The maximum Gasteiger partial charge on any atom is 0.328 e. The predicted molar refractivity (Wildman–Crippen MR) is 73.5 cm³/mol. The third-order valence-electron chi connectivity index (χ3n) is 2.79. The van der Waals surface area contributed by atoms with E-state index in [1.807, 2.05) is 30.3 Å². The number of ether oxygens (including phenoxy) is 1. The quantitative estimate of drug-likeness (QED) is 0.447. The second-order valence-corrected chi connectivity index (χ2v) is 4.34. The van der Waals surface area contributed by atoms with Crippen LogP contribution in [0.5, 0.6) is 17.2 Å². The van der Waals surface area contributed by atoms with Crippen LogP contribution in [0.25, 0.3) is 0 Å². The highest BCUT2D eigenvalue weighted by Gasteiger charge is 2.19. The smallest absolute Gasteiger partial charge is 0.328 e. The lowest BCUT2D eigenvalue weighted by molar-refractivity contribution is -0.135. The Balaban J connectivity index is 2.03. The van der Waals surface area contributed by atoms with E-state index in [1.165, 1.54) is 18.2 Å². The summed E-state index contributed by atoms with van der Waals surface area (Å²) in [5.41, 5.74) is 6.68.